The average Bonchev–Trinajstić information content (AvgIpc) is 3.26. The Balaban J connectivity index is 1.62. The van der Waals surface area contributed by atoms with Crippen molar-refractivity contribution in [3.05, 3.63) is 36.2 Å². The summed E-state index contributed by atoms with van der Waals surface area (Å²) in [6.45, 7) is 9.62. The molecule has 0 aromatic carbocycles. The van der Waals surface area contributed by atoms with E-state index >= 15 is 0 Å². The molecular weight excluding hydrogens is 328 g/mol. The predicted octanol–water partition coefficient (Wildman–Crippen LogP) is 1.97. The van der Waals surface area contributed by atoms with Crippen molar-refractivity contribution in [3.8, 4) is 0 Å². The molecule has 1 amide bonds. The Morgan fingerprint density at radius 1 is 1.38 bits per heavy atom. The second kappa shape index (κ2) is 8.03. The van der Waals surface area contributed by atoms with E-state index in [1.54, 1.807) is 6.20 Å². The van der Waals surface area contributed by atoms with Gasteiger partial charge in [0.25, 0.3) is 0 Å². The lowest BCUT2D eigenvalue weighted by molar-refractivity contribution is -0.128. The number of hydrogen-bond acceptors (Lipinski definition) is 4. The molecule has 3 heterocycles. The van der Waals surface area contributed by atoms with Crippen molar-refractivity contribution in [2.75, 3.05) is 13.1 Å². The minimum Gasteiger partial charge on any atom is -0.336 e. The van der Waals surface area contributed by atoms with Gasteiger partial charge in [-0.25, -0.2) is 4.98 Å². The second-order valence-electron chi connectivity index (χ2n) is 7.58. The molecule has 2 aromatic rings. The molecule has 7 heteroatoms. The molecule has 2 aromatic heterocycles. The van der Waals surface area contributed by atoms with Crippen molar-refractivity contribution in [1.82, 2.24) is 29.5 Å². The highest BCUT2D eigenvalue weighted by atomic mass is 16.2. The summed E-state index contributed by atoms with van der Waals surface area (Å²) >= 11 is 0. The fraction of sp³-hybridized carbons (Fsp3) is 0.632. The van der Waals surface area contributed by atoms with Crippen molar-refractivity contribution in [1.29, 1.82) is 0 Å². The van der Waals surface area contributed by atoms with Crippen LogP contribution in [0.4, 0.5) is 0 Å². The first-order chi connectivity index (χ1) is 12.5. The zero-order valence-electron chi connectivity index (χ0n) is 16.2. The van der Waals surface area contributed by atoms with Gasteiger partial charge in [0.15, 0.2) is 0 Å². The molecule has 0 aliphatic carbocycles. The van der Waals surface area contributed by atoms with Crippen LogP contribution in [0.1, 0.15) is 44.6 Å². The van der Waals surface area contributed by atoms with Crippen molar-refractivity contribution in [3.63, 3.8) is 0 Å². The zero-order valence-corrected chi connectivity index (χ0v) is 16.2. The van der Waals surface area contributed by atoms with Crippen LogP contribution >= 0.6 is 0 Å². The summed E-state index contributed by atoms with van der Waals surface area (Å²) in [5, 5.41) is 7.93. The molecule has 1 N–H and O–H groups in total. The number of amides is 1. The summed E-state index contributed by atoms with van der Waals surface area (Å²) in [5.41, 5.74) is 1.18. The van der Waals surface area contributed by atoms with Crippen LogP contribution in [-0.2, 0) is 24.9 Å². The number of carbonyl (C=O) groups is 1. The zero-order chi connectivity index (χ0) is 18.7. The van der Waals surface area contributed by atoms with Gasteiger partial charge in [0.2, 0.25) is 5.91 Å². The molecule has 0 spiro atoms. The van der Waals surface area contributed by atoms with E-state index in [9.17, 15) is 4.79 Å². The molecule has 2 atom stereocenters. The quantitative estimate of drug-likeness (QED) is 0.783. The molecule has 1 aliphatic rings. The van der Waals surface area contributed by atoms with Crippen LogP contribution in [0.2, 0.25) is 0 Å². The first-order valence-electron chi connectivity index (χ1n) is 9.48. The van der Waals surface area contributed by atoms with Gasteiger partial charge < -0.3 is 14.8 Å². The maximum atomic E-state index is 12.4. The lowest BCUT2D eigenvalue weighted by atomic mass is 9.99. The fourth-order valence-electron chi connectivity index (χ4n) is 3.81. The first kappa shape index (κ1) is 18.6. The summed E-state index contributed by atoms with van der Waals surface area (Å²) in [7, 11) is 1.99. The number of hydrogen-bond donors (Lipinski definition) is 1. The number of carbonyl (C=O) groups excluding carboxylic acids is 1. The maximum absolute atomic E-state index is 12.4. The molecule has 7 nitrogen and oxygen atoms in total. The van der Waals surface area contributed by atoms with E-state index in [1.165, 1.54) is 5.56 Å². The molecule has 26 heavy (non-hydrogen) atoms. The molecule has 1 saturated heterocycles. The normalized spacial score (nSPS) is 20.5. The van der Waals surface area contributed by atoms with E-state index in [0.717, 1.165) is 32.0 Å². The lowest BCUT2D eigenvalue weighted by Crippen LogP contribution is -2.33. The standard InChI is InChI=1S/C19H30N6O/c1-5-25-17(26)8-16(18(25)19-21-6-7-23(19)4)11-20-9-15-10-22-24(13-15)12-14(2)3/h6-7,10,13-14,16,18,20H,5,8-9,11-12H2,1-4H3/t16-,18+/m0/s1. The van der Waals surface area contributed by atoms with Crippen LogP contribution in [0.15, 0.2) is 24.8 Å². The van der Waals surface area contributed by atoms with Crippen molar-refractivity contribution in [2.24, 2.45) is 18.9 Å². The third-order valence-corrected chi connectivity index (χ3v) is 4.98. The van der Waals surface area contributed by atoms with Gasteiger partial charge in [-0.05, 0) is 12.8 Å². The topological polar surface area (TPSA) is 68.0 Å². The number of imidazole rings is 1. The molecule has 0 radical (unpaired) electrons. The van der Waals surface area contributed by atoms with Gasteiger partial charge in [0, 0.05) is 69.7 Å². The van der Waals surface area contributed by atoms with E-state index in [1.807, 2.05) is 40.5 Å². The van der Waals surface area contributed by atoms with Gasteiger partial charge in [-0.3, -0.25) is 9.48 Å². The number of aryl methyl sites for hydroxylation is 1. The summed E-state index contributed by atoms with van der Waals surface area (Å²) in [6, 6.07) is 0.0451. The van der Waals surface area contributed by atoms with Crippen LogP contribution < -0.4 is 5.32 Å². The SMILES string of the molecule is CCN1C(=O)C[C@@H](CNCc2cnn(CC(C)C)c2)[C@@H]1c1nccn1C. The maximum Gasteiger partial charge on any atom is 0.223 e. The van der Waals surface area contributed by atoms with E-state index in [0.29, 0.717) is 12.3 Å². The Kier molecular flexibility index (Phi) is 5.76. The van der Waals surface area contributed by atoms with Crippen LogP contribution in [0.25, 0.3) is 0 Å². The van der Waals surface area contributed by atoms with Crippen LogP contribution in [0.5, 0.6) is 0 Å². The Hall–Kier alpha value is -2.15. The second-order valence-corrected chi connectivity index (χ2v) is 7.58. The number of nitrogens with zero attached hydrogens (tertiary/aromatic N) is 5. The molecule has 1 fully saturated rings. The van der Waals surface area contributed by atoms with Gasteiger partial charge in [-0.1, -0.05) is 13.8 Å². The van der Waals surface area contributed by atoms with Gasteiger partial charge in [0.1, 0.15) is 5.82 Å². The van der Waals surface area contributed by atoms with Gasteiger partial charge in [-0.15, -0.1) is 0 Å². The Bertz CT molecular complexity index is 734. The fourth-order valence-corrected chi connectivity index (χ4v) is 3.81. The molecule has 0 saturated carbocycles. The highest BCUT2D eigenvalue weighted by Crippen LogP contribution is 2.36. The van der Waals surface area contributed by atoms with E-state index in [-0.39, 0.29) is 17.9 Å². The monoisotopic (exact) mass is 358 g/mol. The highest BCUT2D eigenvalue weighted by Gasteiger charge is 2.41. The summed E-state index contributed by atoms with van der Waals surface area (Å²) in [4.78, 5) is 18.9. The minimum atomic E-state index is 0.0451. The van der Waals surface area contributed by atoms with Crippen LogP contribution in [-0.4, -0.2) is 43.2 Å². The number of likely N-dealkylation sites (tertiary alicyclic amines) is 1. The van der Waals surface area contributed by atoms with E-state index < -0.39 is 0 Å². The molecule has 0 unspecified atom stereocenters. The third kappa shape index (κ3) is 3.98. The Morgan fingerprint density at radius 2 is 2.19 bits per heavy atom. The highest BCUT2D eigenvalue weighted by molar-refractivity contribution is 5.79. The van der Waals surface area contributed by atoms with E-state index in [4.69, 9.17) is 0 Å². The molecule has 1 aliphatic heterocycles. The van der Waals surface area contributed by atoms with Crippen molar-refractivity contribution in [2.45, 2.75) is 46.3 Å². The molecule has 142 valence electrons. The largest absolute Gasteiger partial charge is 0.336 e. The van der Waals surface area contributed by atoms with Crippen molar-refractivity contribution < 1.29 is 4.79 Å². The number of rotatable bonds is 8. The average molecular weight is 358 g/mol. The van der Waals surface area contributed by atoms with Gasteiger partial charge >= 0.3 is 0 Å². The minimum absolute atomic E-state index is 0.0451. The van der Waals surface area contributed by atoms with Gasteiger partial charge in [0.05, 0.1) is 12.2 Å². The lowest BCUT2D eigenvalue weighted by Gasteiger charge is -2.27. The van der Waals surface area contributed by atoms with Crippen LogP contribution in [0.3, 0.4) is 0 Å². The summed E-state index contributed by atoms with van der Waals surface area (Å²) in [6.07, 6.45) is 8.34. The molecular formula is C19H30N6O. The van der Waals surface area contributed by atoms with Crippen LogP contribution in [0, 0.1) is 11.8 Å². The molecule has 0 bridgehead atoms. The third-order valence-electron chi connectivity index (χ3n) is 4.98. The Labute approximate surface area is 155 Å². The predicted molar refractivity (Wildman–Crippen MR) is 100 cm³/mol. The number of nitrogens with one attached hydrogen (secondary N) is 1. The van der Waals surface area contributed by atoms with E-state index in [2.05, 4.69) is 35.4 Å². The number of aromatic nitrogens is 4. The smallest absolute Gasteiger partial charge is 0.223 e. The van der Waals surface area contributed by atoms with Crippen molar-refractivity contribution >= 4 is 5.91 Å². The summed E-state index contributed by atoms with van der Waals surface area (Å²) < 4.78 is 4.02. The Morgan fingerprint density at radius 3 is 2.85 bits per heavy atom. The summed E-state index contributed by atoms with van der Waals surface area (Å²) in [5.74, 6) is 2.00. The first-order valence-corrected chi connectivity index (χ1v) is 9.48. The van der Waals surface area contributed by atoms with Gasteiger partial charge in [-0.2, -0.15) is 5.10 Å². The molecule has 3 rings (SSSR count).